The van der Waals surface area contributed by atoms with Crippen molar-refractivity contribution in [2.45, 2.75) is 39.2 Å². The summed E-state index contributed by atoms with van der Waals surface area (Å²) in [6.45, 7) is 6.12. The van der Waals surface area contributed by atoms with Gasteiger partial charge in [0.2, 0.25) is 0 Å². The first-order valence-electron chi connectivity index (χ1n) is 7.68. The average Bonchev–Trinajstić information content (AvgIpc) is 2.47. The first-order valence-corrected chi connectivity index (χ1v) is 7.68. The second-order valence-electron chi connectivity index (χ2n) is 6.20. The second kappa shape index (κ2) is 7.03. The van der Waals surface area contributed by atoms with Gasteiger partial charge in [0, 0.05) is 19.0 Å². The van der Waals surface area contributed by atoms with Crippen molar-refractivity contribution in [3.8, 4) is 0 Å². The average molecular weight is 293 g/mol. The summed E-state index contributed by atoms with van der Waals surface area (Å²) in [6, 6.07) is 6.92. The van der Waals surface area contributed by atoms with E-state index in [2.05, 4.69) is 11.8 Å². The highest BCUT2D eigenvalue weighted by Gasteiger charge is 2.28. The van der Waals surface area contributed by atoms with Gasteiger partial charge in [0.1, 0.15) is 5.82 Å². The van der Waals surface area contributed by atoms with Crippen molar-refractivity contribution in [1.29, 1.82) is 0 Å². The maximum absolute atomic E-state index is 13.0. The van der Waals surface area contributed by atoms with Gasteiger partial charge in [-0.2, -0.15) is 0 Å². The van der Waals surface area contributed by atoms with E-state index in [4.69, 9.17) is 5.11 Å². The van der Waals surface area contributed by atoms with Crippen LogP contribution in [0.2, 0.25) is 0 Å². The van der Waals surface area contributed by atoms with Crippen molar-refractivity contribution in [2.75, 3.05) is 13.1 Å². The molecule has 21 heavy (non-hydrogen) atoms. The molecule has 0 aliphatic carbocycles. The number of hydrogen-bond acceptors (Lipinski definition) is 2. The minimum atomic E-state index is -0.716. The van der Waals surface area contributed by atoms with Crippen molar-refractivity contribution < 1.29 is 14.3 Å². The van der Waals surface area contributed by atoms with E-state index < -0.39 is 5.97 Å². The number of rotatable bonds is 5. The van der Waals surface area contributed by atoms with Crippen LogP contribution in [0.25, 0.3) is 0 Å². The normalized spacial score (nSPS) is 22.7. The Hall–Kier alpha value is -1.42. The molecule has 0 saturated carbocycles. The molecule has 1 aliphatic rings. The Kier molecular flexibility index (Phi) is 5.34. The Labute approximate surface area is 125 Å². The number of piperidine rings is 1. The summed E-state index contributed by atoms with van der Waals surface area (Å²) in [4.78, 5) is 13.3. The quantitative estimate of drug-likeness (QED) is 0.899. The summed E-state index contributed by atoms with van der Waals surface area (Å²) in [7, 11) is 0. The van der Waals surface area contributed by atoms with Gasteiger partial charge in [0.15, 0.2) is 0 Å². The van der Waals surface area contributed by atoms with Gasteiger partial charge >= 0.3 is 5.97 Å². The van der Waals surface area contributed by atoms with Crippen LogP contribution in [-0.4, -0.2) is 29.1 Å². The Morgan fingerprint density at radius 3 is 2.67 bits per heavy atom. The third-order valence-electron chi connectivity index (χ3n) is 4.69. The number of aliphatic carboxylic acids is 1. The highest BCUT2D eigenvalue weighted by molar-refractivity contribution is 5.67. The SMILES string of the molecule is CC(CC(=O)O)C1CCCN(C(C)c2ccc(F)cc2)C1. The molecule has 3 nitrogen and oxygen atoms in total. The van der Waals surface area contributed by atoms with Gasteiger partial charge in [0.25, 0.3) is 0 Å². The molecule has 3 unspecified atom stereocenters. The van der Waals surface area contributed by atoms with E-state index in [1.165, 1.54) is 12.1 Å². The van der Waals surface area contributed by atoms with Crippen LogP contribution in [-0.2, 0) is 4.79 Å². The van der Waals surface area contributed by atoms with Crippen molar-refractivity contribution in [3.05, 3.63) is 35.6 Å². The van der Waals surface area contributed by atoms with Gasteiger partial charge in [-0.3, -0.25) is 9.69 Å². The predicted octanol–water partition coefficient (Wildman–Crippen LogP) is 3.71. The molecule has 1 N–H and O–H groups in total. The molecule has 0 aromatic heterocycles. The van der Waals surface area contributed by atoms with Crippen LogP contribution >= 0.6 is 0 Å². The molecule has 4 heteroatoms. The molecule has 1 aliphatic heterocycles. The monoisotopic (exact) mass is 293 g/mol. The smallest absolute Gasteiger partial charge is 0.303 e. The largest absolute Gasteiger partial charge is 0.481 e. The van der Waals surface area contributed by atoms with Crippen LogP contribution in [0, 0.1) is 17.7 Å². The third-order valence-corrected chi connectivity index (χ3v) is 4.69. The number of halogens is 1. The molecule has 1 aromatic carbocycles. The second-order valence-corrected chi connectivity index (χ2v) is 6.20. The van der Waals surface area contributed by atoms with Gasteiger partial charge < -0.3 is 5.11 Å². The Morgan fingerprint density at radius 1 is 1.38 bits per heavy atom. The van der Waals surface area contributed by atoms with E-state index in [9.17, 15) is 9.18 Å². The molecule has 0 amide bonds. The van der Waals surface area contributed by atoms with Crippen molar-refractivity contribution in [2.24, 2.45) is 11.8 Å². The van der Waals surface area contributed by atoms with Crippen molar-refractivity contribution in [3.63, 3.8) is 0 Å². The summed E-state index contributed by atoms with van der Waals surface area (Å²) >= 11 is 0. The summed E-state index contributed by atoms with van der Waals surface area (Å²) in [5.41, 5.74) is 1.11. The van der Waals surface area contributed by atoms with Crippen LogP contribution in [0.1, 0.15) is 44.7 Å². The van der Waals surface area contributed by atoms with Gasteiger partial charge in [-0.15, -0.1) is 0 Å². The third kappa shape index (κ3) is 4.27. The molecule has 3 atom stereocenters. The molecule has 0 bridgehead atoms. The minimum Gasteiger partial charge on any atom is -0.481 e. The summed E-state index contributed by atoms with van der Waals surface area (Å²) in [5.74, 6) is -0.299. The zero-order valence-corrected chi connectivity index (χ0v) is 12.8. The first kappa shape index (κ1) is 16.0. The van der Waals surface area contributed by atoms with E-state index in [1.807, 2.05) is 19.1 Å². The Morgan fingerprint density at radius 2 is 2.05 bits per heavy atom. The molecule has 1 heterocycles. The molecule has 1 aromatic rings. The molecule has 116 valence electrons. The number of benzene rings is 1. The lowest BCUT2D eigenvalue weighted by Crippen LogP contribution is -2.39. The van der Waals surface area contributed by atoms with Crippen LogP contribution in [0.5, 0.6) is 0 Å². The summed E-state index contributed by atoms with van der Waals surface area (Å²) < 4.78 is 13.0. The fourth-order valence-electron chi connectivity index (χ4n) is 3.25. The highest BCUT2D eigenvalue weighted by Crippen LogP contribution is 2.31. The maximum atomic E-state index is 13.0. The lowest BCUT2D eigenvalue weighted by molar-refractivity contribution is -0.138. The number of nitrogens with zero attached hydrogens (tertiary/aromatic N) is 1. The zero-order valence-electron chi connectivity index (χ0n) is 12.8. The van der Waals surface area contributed by atoms with Gasteiger partial charge in [-0.05, 0) is 55.8 Å². The number of hydrogen-bond donors (Lipinski definition) is 1. The molecule has 0 spiro atoms. The zero-order chi connectivity index (χ0) is 15.4. The molecule has 0 radical (unpaired) electrons. The van der Waals surface area contributed by atoms with Crippen molar-refractivity contribution >= 4 is 5.97 Å². The molecular weight excluding hydrogens is 269 g/mol. The molecule has 1 saturated heterocycles. The van der Waals surface area contributed by atoms with E-state index in [0.717, 1.165) is 31.5 Å². The van der Waals surface area contributed by atoms with E-state index in [1.54, 1.807) is 0 Å². The summed E-state index contributed by atoms with van der Waals surface area (Å²) in [6.07, 6.45) is 2.44. The summed E-state index contributed by atoms with van der Waals surface area (Å²) in [5, 5.41) is 8.94. The molecule has 2 rings (SSSR count). The number of carboxylic acids is 1. The Bertz CT molecular complexity index is 474. The van der Waals surface area contributed by atoms with Gasteiger partial charge in [0.05, 0.1) is 0 Å². The first-order chi connectivity index (χ1) is 9.97. The Balaban J connectivity index is 1.99. The minimum absolute atomic E-state index is 0.200. The fraction of sp³-hybridized carbons (Fsp3) is 0.588. The predicted molar refractivity (Wildman–Crippen MR) is 80.5 cm³/mol. The number of carbonyl (C=O) groups is 1. The lowest BCUT2D eigenvalue weighted by atomic mass is 9.84. The van der Waals surface area contributed by atoms with E-state index >= 15 is 0 Å². The van der Waals surface area contributed by atoms with Crippen LogP contribution in [0.3, 0.4) is 0 Å². The highest BCUT2D eigenvalue weighted by atomic mass is 19.1. The van der Waals surface area contributed by atoms with E-state index in [0.29, 0.717) is 5.92 Å². The lowest BCUT2D eigenvalue weighted by Gasteiger charge is -2.39. The van der Waals surface area contributed by atoms with Gasteiger partial charge in [-0.1, -0.05) is 19.1 Å². The standard InChI is InChI=1S/C17H24FNO2/c1-12(10-17(20)21)15-4-3-9-19(11-15)13(2)14-5-7-16(18)8-6-14/h5-8,12-13,15H,3-4,9-11H2,1-2H3,(H,20,21). The maximum Gasteiger partial charge on any atom is 0.303 e. The fourth-order valence-corrected chi connectivity index (χ4v) is 3.25. The van der Waals surface area contributed by atoms with Crippen LogP contribution < -0.4 is 0 Å². The molecule has 1 fully saturated rings. The number of likely N-dealkylation sites (tertiary alicyclic amines) is 1. The van der Waals surface area contributed by atoms with E-state index in [-0.39, 0.29) is 24.2 Å². The molecular formula is C17H24FNO2. The van der Waals surface area contributed by atoms with Gasteiger partial charge in [-0.25, -0.2) is 4.39 Å². The number of carboxylic acid groups (broad SMARTS) is 1. The topological polar surface area (TPSA) is 40.5 Å². The van der Waals surface area contributed by atoms with Crippen LogP contribution in [0.15, 0.2) is 24.3 Å². The van der Waals surface area contributed by atoms with Crippen molar-refractivity contribution in [1.82, 2.24) is 4.90 Å². The van der Waals surface area contributed by atoms with Crippen LogP contribution in [0.4, 0.5) is 4.39 Å².